The first-order chi connectivity index (χ1) is 11.2. The van der Waals surface area contributed by atoms with Crippen LogP contribution >= 0.6 is 22.9 Å². The van der Waals surface area contributed by atoms with Crippen molar-refractivity contribution in [2.45, 2.75) is 26.2 Å². The zero-order valence-electron chi connectivity index (χ0n) is 13.2. The molecule has 0 atom stereocenters. The van der Waals surface area contributed by atoms with Crippen LogP contribution in [0.1, 0.15) is 25.3 Å². The smallest absolute Gasteiger partial charge is 0.120 e. The minimum absolute atomic E-state index is 0.672. The normalized spacial score (nSPS) is 11.3. The van der Waals surface area contributed by atoms with Crippen LogP contribution in [0.3, 0.4) is 0 Å². The van der Waals surface area contributed by atoms with E-state index in [1.807, 2.05) is 19.1 Å². The van der Waals surface area contributed by atoms with Crippen LogP contribution in [0.5, 0.6) is 5.75 Å². The predicted molar refractivity (Wildman–Crippen MR) is 99.8 cm³/mol. The molecule has 0 saturated heterocycles. The highest BCUT2D eigenvalue weighted by Crippen LogP contribution is 2.37. The SMILES string of the molecule is CCOc1ccc2[nH]c(-c3ccc(Cl)s3)c(CCCCN)c2c1. The summed E-state index contributed by atoms with van der Waals surface area (Å²) in [6.07, 6.45) is 3.11. The Morgan fingerprint density at radius 1 is 1.22 bits per heavy atom. The van der Waals surface area contributed by atoms with Gasteiger partial charge in [0, 0.05) is 10.9 Å². The molecule has 3 rings (SSSR count). The summed E-state index contributed by atoms with van der Waals surface area (Å²) in [7, 11) is 0. The summed E-state index contributed by atoms with van der Waals surface area (Å²) < 4.78 is 6.47. The van der Waals surface area contributed by atoms with E-state index in [1.54, 1.807) is 11.3 Å². The van der Waals surface area contributed by atoms with Crippen molar-refractivity contribution >= 4 is 33.8 Å². The van der Waals surface area contributed by atoms with E-state index in [-0.39, 0.29) is 0 Å². The number of nitrogens with two attached hydrogens (primary N) is 1. The van der Waals surface area contributed by atoms with Crippen molar-refractivity contribution in [3.05, 3.63) is 40.2 Å². The Labute approximate surface area is 145 Å². The number of unbranched alkanes of at least 4 members (excludes halogenated alkanes) is 1. The number of rotatable bonds is 7. The molecule has 0 unspecified atom stereocenters. The van der Waals surface area contributed by atoms with Gasteiger partial charge in [0.1, 0.15) is 5.75 Å². The maximum absolute atomic E-state index is 6.12. The number of thiophene rings is 1. The molecule has 3 nitrogen and oxygen atoms in total. The molecule has 5 heteroatoms. The van der Waals surface area contributed by atoms with E-state index in [1.165, 1.54) is 21.5 Å². The van der Waals surface area contributed by atoms with Crippen molar-refractivity contribution in [1.29, 1.82) is 0 Å². The third kappa shape index (κ3) is 3.55. The average Bonchev–Trinajstić information content (AvgIpc) is 3.12. The fraction of sp³-hybridized carbons (Fsp3) is 0.333. The van der Waals surface area contributed by atoms with Gasteiger partial charge in [-0.25, -0.2) is 0 Å². The molecule has 0 aliphatic heterocycles. The summed E-state index contributed by atoms with van der Waals surface area (Å²) in [6, 6.07) is 10.3. The summed E-state index contributed by atoms with van der Waals surface area (Å²) in [5, 5.41) is 1.23. The standard InChI is InChI=1S/C18H21ClN2OS/c1-2-22-12-6-7-15-14(11-12)13(5-3-4-10-20)18(21-15)16-8-9-17(19)23-16/h6-9,11,21H,2-5,10,20H2,1H3. The molecule has 0 spiro atoms. The largest absolute Gasteiger partial charge is 0.494 e. The number of benzene rings is 1. The highest BCUT2D eigenvalue weighted by Gasteiger charge is 2.15. The van der Waals surface area contributed by atoms with Gasteiger partial charge in [0.2, 0.25) is 0 Å². The van der Waals surface area contributed by atoms with Crippen LogP contribution in [0.2, 0.25) is 4.34 Å². The second-order valence-electron chi connectivity index (χ2n) is 5.47. The van der Waals surface area contributed by atoms with Gasteiger partial charge in [-0.2, -0.15) is 0 Å². The van der Waals surface area contributed by atoms with E-state index in [4.69, 9.17) is 22.1 Å². The molecule has 2 heterocycles. The van der Waals surface area contributed by atoms with Gasteiger partial charge in [-0.1, -0.05) is 11.6 Å². The van der Waals surface area contributed by atoms with Crippen molar-refractivity contribution in [3.63, 3.8) is 0 Å². The van der Waals surface area contributed by atoms with Crippen molar-refractivity contribution in [3.8, 4) is 16.3 Å². The first kappa shape index (κ1) is 16.4. The Bertz CT molecular complexity index is 794. The van der Waals surface area contributed by atoms with Gasteiger partial charge in [-0.15, -0.1) is 11.3 Å². The van der Waals surface area contributed by atoms with Crippen LogP contribution in [0, 0.1) is 0 Å². The third-order valence-corrected chi connectivity index (χ3v) is 5.14. The molecule has 3 aromatic rings. The quantitative estimate of drug-likeness (QED) is 0.574. The summed E-state index contributed by atoms with van der Waals surface area (Å²) in [5.41, 5.74) is 9.28. The lowest BCUT2D eigenvalue weighted by Gasteiger charge is -2.05. The molecule has 0 aliphatic rings. The molecule has 0 bridgehead atoms. The summed E-state index contributed by atoms with van der Waals surface area (Å²) in [6.45, 7) is 3.40. The molecule has 0 saturated carbocycles. The van der Waals surface area contributed by atoms with Gasteiger partial charge in [0.05, 0.1) is 21.5 Å². The highest BCUT2D eigenvalue weighted by atomic mass is 35.5. The first-order valence-electron chi connectivity index (χ1n) is 7.96. The molecule has 0 aliphatic carbocycles. The second kappa shape index (κ2) is 7.39. The lowest BCUT2D eigenvalue weighted by Crippen LogP contribution is -1.99. The summed E-state index contributed by atoms with van der Waals surface area (Å²) in [5.74, 6) is 0.912. The number of aryl methyl sites for hydroxylation is 1. The van der Waals surface area contributed by atoms with Gasteiger partial charge in [0.15, 0.2) is 0 Å². The van der Waals surface area contributed by atoms with E-state index in [2.05, 4.69) is 23.2 Å². The molecule has 0 amide bonds. The average molecular weight is 349 g/mol. The van der Waals surface area contributed by atoms with Crippen molar-refractivity contribution < 1.29 is 4.74 Å². The Balaban J connectivity index is 2.07. The molecule has 1 aromatic carbocycles. The lowest BCUT2D eigenvalue weighted by atomic mass is 10.0. The van der Waals surface area contributed by atoms with Crippen molar-refractivity contribution in [1.82, 2.24) is 4.98 Å². The topological polar surface area (TPSA) is 51.0 Å². The fourth-order valence-corrected chi connectivity index (χ4v) is 3.92. The molecule has 122 valence electrons. The molecule has 2 aromatic heterocycles. The Morgan fingerprint density at radius 3 is 2.78 bits per heavy atom. The van der Waals surface area contributed by atoms with Gasteiger partial charge < -0.3 is 15.5 Å². The molecule has 23 heavy (non-hydrogen) atoms. The minimum atomic E-state index is 0.672. The maximum atomic E-state index is 6.12. The molecule has 3 N–H and O–H groups in total. The van der Waals surface area contributed by atoms with Gasteiger partial charge in [-0.3, -0.25) is 0 Å². The Hall–Kier alpha value is -1.49. The van der Waals surface area contributed by atoms with Crippen LogP contribution in [0.4, 0.5) is 0 Å². The van der Waals surface area contributed by atoms with Gasteiger partial charge in [-0.05, 0) is 68.6 Å². The Kier molecular flexibility index (Phi) is 5.26. The zero-order valence-corrected chi connectivity index (χ0v) is 14.8. The fourth-order valence-electron chi connectivity index (χ4n) is 2.85. The number of aromatic amines is 1. The number of hydrogen-bond acceptors (Lipinski definition) is 3. The minimum Gasteiger partial charge on any atom is -0.494 e. The summed E-state index contributed by atoms with van der Waals surface area (Å²) >= 11 is 7.72. The molecule has 0 radical (unpaired) electrons. The molecular weight excluding hydrogens is 328 g/mol. The number of aromatic nitrogens is 1. The van der Waals surface area contributed by atoms with E-state index in [0.29, 0.717) is 6.61 Å². The summed E-state index contributed by atoms with van der Waals surface area (Å²) in [4.78, 5) is 4.73. The van der Waals surface area contributed by atoms with Gasteiger partial charge >= 0.3 is 0 Å². The number of H-pyrrole nitrogens is 1. The Morgan fingerprint density at radius 2 is 2.09 bits per heavy atom. The van der Waals surface area contributed by atoms with E-state index in [0.717, 1.165) is 41.4 Å². The zero-order chi connectivity index (χ0) is 16.2. The van der Waals surface area contributed by atoms with Crippen LogP contribution in [0.25, 0.3) is 21.5 Å². The van der Waals surface area contributed by atoms with E-state index in [9.17, 15) is 0 Å². The van der Waals surface area contributed by atoms with Crippen molar-refractivity contribution in [2.24, 2.45) is 5.73 Å². The molecular formula is C18H21ClN2OS. The van der Waals surface area contributed by atoms with E-state index < -0.39 is 0 Å². The number of ether oxygens (including phenoxy) is 1. The third-order valence-electron chi connectivity index (χ3n) is 3.89. The number of halogens is 1. The number of hydrogen-bond donors (Lipinski definition) is 2. The highest BCUT2D eigenvalue weighted by molar-refractivity contribution is 7.19. The van der Waals surface area contributed by atoms with Crippen LogP contribution < -0.4 is 10.5 Å². The number of nitrogens with one attached hydrogen (secondary N) is 1. The monoisotopic (exact) mass is 348 g/mol. The van der Waals surface area contributed by atoms with Crippen LogP contribution in [-0.4, -0.2) is 18.1 Å². The predicted octanol–water partition coefficient (Wildman–Crippen LogP) is 5.23. The second-order valence-corrected chi connectivity index (χ2v) is 7.18. The maximum Gasteiger partial charge on any atom is 0.120 e. The van der Waals surface area contributed by atoms with E-state index >= 15 is 0 Å². The van der Waals surface area contributed by atoms with Crippen molar-refractivity contribution in [2.75, 3.05) is 13.2 Å². The number of fused-ring (bicyclic) bond motifs is 1. The van der Waals surface area contributed by atoms with Crippen LogP contribution in [0.15, 0.2) is 30.3 Å². The lowest BCUT2D eigenvalue weighted by molar-refractivity contribution is 0.340. The van der Waals surface area contributed by atoms with Gasteiger partial charge in [0.25, 0.3) is 0 Å². The van der Waals surface area contributed by atoms with Crippen LogP contribution in [-0.2, 0) is 6.42 Å². The first-order valence-corrected chi connectivity index (χ1v) is 9.15. The molecule has 0 fully saturated rings.